The number of halogens is 1. The number of H-pyrrole nitrogens is 1. The first-order valence-electron chi connectivity index (χ1n) is 6.60. The van der Waals surface area contributed by atoms with Crippen molar-refractivity contribution in [3.63, 3.8) is 0 Å². The Labute approximate surface area is 115 Å². The first kappa shape index (κ1) is 12.2. The summed E-state index contributed by atoms with van der Waals surface area (Å²) < 4.78 is 0.978. The molecule has 3 nitrogen and oxygen atoms in total. The van der Waals surface area contributed by atoms with Gasteiger partial charge in [-0.2, -0.15) is 5.10 Å². The van der Waals surface area contributed by atoms with Gasteiger partial charge in [0.15, 0.2) is 0 Å². The van der Waals surface area contributed by atoms with Crippen molar-refractivity contribution in [1.82, 2.24) is 10.2 Å². The van der Waals surface area contributed by atoms with Crippen molar-refractivity contribution in [3.05, 3.63) is 28.4 Å². The van der Waals surface area contributed by atoms with Gasteiger partial charge in [-0.15, -0.1) is 0 Å². The average Bonchev–Trinajstić information content (AvgIpc) is 2.81. The van der Waals surface area contributed by atoms with Gasteiger partial charge < -0.3 is 5.73 Å². The smallest absolute Gasteiger partial charge is 0.109 e. The molecule has 0 saturated heterocycles. The van der Waals surface area contributed by atoms with Crippen molar-refractivity contribution in [1.29, 1.82) is 0 Å². The second-order valence-electron chi connectivity index (χ2n) is 5.28. The molecule has 18 heavy (non-hydrogen) atoms. The van der Waals surface area contributed by atoms with E-state index in [1.807, 2.05) is 6.07 Å². The molecule has 4 heteroatoms. The van der Waals surface area contributed by atoms with Crippen molar-refractivity contribution >= 4 is 26.8 Å². The molecule has 1 aliphatic rings. The van der Waals surface area contributed by atoms with Gasteiger partial charge in [-0.25, -0.2) is 0 Å². The van der Waals surface area contributed by atoms with E-state index in [9.17, 15) is 0 Å². The topological polar surface area (TPSA) is 54.7 Å². The molecule has 0 unspecified atom stereocenters. The van der Waals surface area contributed by atoms with Gasteiger partial charge in [-0.1, -0.05) is 31.4 Å². The first-order chi connectivity index (χ1) is 8.77. The van der Waals surface area contributed by atoms with Crippen LogP contribution in [0.4, 0.5) is 0 Å². The highest BCUT2D eigenvalue weighted by molar-refractivity contribution is 9.10. The van der Waals surface area contributed by atoms with Crippen molar-refractivity contribution < 1.29 is 0 Å². The molecule has 3 N–H and O–H groups in total. The minimum Gasteiger partial charge on any atom is -0.330 e. The Kier molecular flexibility index (Phi) is 3.16. The fourth-order valence-electron chi connectivity index (χ4n) is 3.28. The summed E-state index contributed by atoms with van der Waals surface area (Å²) in [6.45, 7) is 0.726. The van der Waals surface area contributed by atoms with Crippen LogP contribution in [0, 0.1) is 0 Å². The number of aromatic amines is 1. The van der Waals surface area contributed by atoms with Crippen LogP contribution in [-0.2, 0) is 5.41 Å². The van der Waals surface area contributed by atoms with E-state index in [0.29, 0.717) is 0 Å². The van der Waals surface area contributed by atoms with Crippen molar-refractivity contribution in [2.75, 3.05) is 6.54 Å². The lowest BCUT2D eigenvalue weighted by Crippen LogP contribution is -2.37. The highest BCUT2D eigenvalue weighted by Crippen LogP contribution is 2.42. The summed E-state index contributed by atoms with van der Waals surface area (Å²) in [4.78, 5) is 0. The predicted octanol–water partition coefficient (Wildman–Crippen LogP) is 3.49. The zero-order chi connectivity index (χ0) is 12.6. The monoisotopic (exact) mass is 307 g/mol. The zero-order valence-electron chi connectivity index (χ0n) is 10.4. The summed E-state index contributed by atoms with van der Waals surface area (Å²) in [5.41, 5.74) is 8.67. The Morgan fingerprint density at radius 1 is 1.28 bits per heavy atom. The largest absolute Gasteiger partial charge is 0.330 e. The normalized spacial score (nSPS) is 19.2. The molecule has 1 saturated carbocycles. The summed E-state index contributed by atoms with van der Waals surface area (Å²) >= 11 is 3.58. The Morgan fingerprint density at radius 3 is 2.78 bits per heavy atom. The van der Waals surface area contributed by atoms with Crippen LogP contribution in [-0.4, -0.2) is 16.7 Å². The maximum absolute atomic E-state index is 6.13. The van der Waals surface area contributed by atoms with Crippen LogP contribution in [0.25, 0.3) is 10.9 Å². The lowest BCUT2D eigenvalue weighted by molar-refractivity contribution is 0.303. The molecule has 0 atom stereocenters. The summed E-state index contributed by atoms with van der Waals surface area (Å²) in [6, 6.07) is 6.37. The van der Waals surface area contributed by atoms with Gasteiger partial charge in [-0.05, 0) is 40.4 Å². The predicted molar refractivity (Wildman–Crippen MR) is 77.6 cm³/mol. The second-order valence-corrected chi connectivity index (χ2v) is 6.08. The third-order valence-corrected chi connectivity index (χ3v) is 4.88. The number of nitrogens with two attached hydrogens (primary N) is 1. The lowest BCUT2D eigenvalue weighted by atomic mass is 9.68. The van der Waals surface area contributed by atoms with Gasteiger partial charge in [0.1, 0.15) is 4.60 Å². The van der Waals surface area contributed by atoms with Crippen LogP contribution in [0.2, 0.25) is 0 Å². The van der Waals surface area contributed by atoms with Crippen molar-refractivity contribution in [2.24, 2.45) is 5.73 Å². The van der Waals surface area contributed by atoms with Gasteiger partial charge in [0.25, 0.3) is 0 Å². The van der Waals surface area contributed by atoms with Gasteiger partial charge >= 0.3 is 0 Å². The van der Waals surface area contributed by atoms with E-state index in [2.05, 4.69) is 38.3 Å². The molecular formula is C14H18BrN3. The summed E-state index contributed by atoms with van der Waals surface area (Å²) in [5.74, 6) is 0. The molecule has 1 aliphatic carbocycles. The van der Waals surface area contributed by atoms with E-state index in [4.69, 9.17) is 5.73 Å². The minimum absolute atomic E-state index is 0.143. The van der Waals surface area contributed by atoms with Crippen LogP contribution in [0.5, 0.6) is 0 Å². The van der Waals surface area contributed by atoms with Gasteiger partial charge in [-0.3, -0.25) is 5.10 Å². The van der Waals surface area contributed by atoms with E-state index < -0.39 is 0 Å². The zero-order valence-corrected chi connectivity index (χ0v) is 12.0. The van der Waals surface area contributed by atoms with Crippen molar-refractivity contribution in [3.8, 4) is 0 Å². The maximum Gasteiger partial charge on any atom is 0.109 e. The molecule has 1 heterocycles. The molecule has 0 spiro atoms. The van der Waals surface area contributed by atoms with E-state index in [0.717, 1.165) is 16.7 Å². The van der Waals surface area contributed by atoms with Crippen LogP contribution < -0.4 is 5.73 Å². The SMILES string of the molecule is NCC1(c2cccc3n[nH]c(Br)c23)CCCCC1. The number of rotatable bonds is 2. The van der Waals surface area contributed by atoms with E-state index >= 15 is 0 Å². The average molecular weight is 308 g/mol. The summed E-state index contributed by atoms with van der Waals surface area (Å²) in [5, 5.41) is 8.56. The van der Waals surface area contributed by atoms with E-state index in [1.165, 1.54) is 43.1 Å². The quantitative estimate of drug-likeness (QED) is 0.892. The van der Waals surface area contributed by atoms with Gasteiger partial charge in [0.05, 0.1) is 5.52 Å². The number of hydrogen-bond acceptors (Lipinski definition) is 2. The van der Waals surface area contributed by atoms with Crippen LogP contribution >= 0.6 is 15.9 Å². The molecule has 96 valence electrons. The Bertz CT molecular complexity index is 555. The lowest BCUT2D eigenvalue weighted by Gasteiger charge is -2.37. The first-order valence-corrected chi connectivity index (χ1v) is 7.39. The number of nitrogens with one attached hydrogen (secondary N) is 1. The summed E-state index contributed by atoms with van der Waals surface area (Å²) in [7, 11) is 0. The van der Waals surface area contributed by atoms with E-state index in [-0.39, 0.29) is 5.41 Å². The molecule has 2 aromatic rings. The number of benzene rings is 1. The van der Waals surface area contributed by atoms with Crippen LogP contribution in [0.3, 0.4) is 0 Å². The van der Waals surface area contributed by atoms with Gasteiger partial charge in [0, 0.05) is 17.3 Å². The van der Waals surface area contributed by atoms with Gasteiger partial charge in [0.2, 0.25) is 0 Å². The molecule has 3 rings (SSSR count). The number of hydrogen-bond donors (Lipinski definition) is 2. The number of aromatic nitrogens is 2. The third-order valence-electron chi connectivity index (χ3n) is 4.31. The minimum atomic E-state index is 0.143. The number of fused-ring (bicyclic) bond motifs is 1. The number of nitrogens with zero attached hydrogens (tertiary/aromatic N) is 1. The second kappa shape index (κ2) is 4.67. The molecule has 0 radical (unpaired) electrons. The fraction of sp³-hybridized carbons (Fsp3) is 0.500. The molecule has 1 fully saturated rings. The standard InChI is InChI=1S/C14H18BrN3/c15-13-12-10(5-4-6-11(12)17-18-13)14(9-16)7-2-1-3-8-14/h4-6H,1-3,7-9,16H2,(H,17,18). The summed E-state index contributed by atoms with van der Waals surface area (Å²) in [6.07, 6.45) is 6.29. The Morgan fingerprint density at radius 2 is 2.06 bits per heavy atom. The van der Waals surface area contributed by atoms with Crippen molar-refractivity contribution in [2.45, 2.75) is 37.5 Å². The molecule has 1 aromatic carbocycles. The Balaban J connectivity index is 2.20. The molecule has 0 amide bonds. The highest BCUT2D eigenvalue weighted by atomic mass is 79.9. The van der Waals surface area contributed by atoms with Crippen LogP contribution in [0.1, 0.15) is 37.7 Å². The maximum atomic E-state index is 6.13. The molecular weight excluding hydrogens is 290 g/mol. The Hall–Kier alpha value is -0.870. The van der Waals surface area contributed by atoms with E-state index in [1.54, 1.807) is 0 Å². The van der Waals surface area contributed by atoms with Crippen LogP contribution in [0.15, 0.2) is 22.8 Å². The molecule has 1 aromatic heterocycles. The fourth-order valence-corrected chi connectivity index (χ4v) is 3.79. The third kappa shape index (κ3) is 1.79. The highest BCUT2D eigenvalue weighted by Gasteiger charge is 2.34. The molecule has 0 aliphatic heterocycles. The molecule has 0 bridgehead atoms.